The van der Waals surface area contributed by atoms with E-state index < -0.39 is 0 Å². The summed E-state index contributed by atoms with van der Waals surface area (Å²) in [6.45, 7) is 4.70. The molecule has 19 heavy (non-hydrogen) atoms. The second-order valence-electron chi connectivity index (χ2n) is 4.94. The van der Waals surface area contributed by atoms with Gasteiger partial charge in [-0.1, -0.05) is 0 Å². The predicted molar refractivity (Wildman–Crippen MR) is 68.8 cm³/mol. The van der Waals surface area contributed by atoms with Crippen molar-refractivity contribution < 1.29 is 18.7 Å². The van der Waals surface area contributed by atoms with Crippen molar-refractivity contribution in [2.24, 2.45) is 5.92 Å². The number of piperidine rings is 1. The van der Waals surface area contributed by atoms with Gasteiger partial charge in [0.25, 0.3) is 5.91 Å². The van der Waals surface area contributed by atoms with Crippen LogP contribution in [0.4, 0.5) is 0 Å². The Kier molecular flexibility index (Phi) is 3.93. The maximum absolute atomic E-state index is 12.4. The van der Waals surface area contributed by atoms with E-state index in [1.165, 1.54) is 7.11 Å². The van der Waals surface area contributed by atoms with Gasteiger partial charge < -0.3 is 14.1 Å². The van der Waals surface area contributed by atoms with E-state index >= 15 is 0 Å². The van der Waals surface area contributed by atoms with E-state index in [2.05, 4.69) is 0 Å². The molecule has 2 rings (SSSR count). The highest BCUT2D eigenvalue weighted by Crippen LogP contribution is 2.22. The van der Waals surface area contributed by atoms with Gasteiger partial charge in [-0.05, 0) is 32.8 Å². The number of amides is 1. The van der Waals surface area contributed by atoms with E-state index in [9.17, 15) is 9.59 Å². The molecule has 0 saturated carbocycles. The van der Waals surface area contributed by atoms with Crippen LogP contribution in [0, 0.1) is 19.8 Å². The Bertz CT molecular complexity index is 492. The van der Waals surface area contributed by atoms with Crippen LogP contribution in [0.25, 0.3) is 0 Å². The van der Waals surface area contributed by atoms with Crippen LogP contribution in [0.15, 0.2) is 10.5 Å². The lowest BCUT2D eigenvalue weighted by atomic mass is 9.97. The van der Waals surface area contributed by atoms with Crippen molar-refractivity contribution in [2.75, 3.05) is 20.2 Å². The fourth-order valence-corrected chi connectivity index (χ4v) is 2.53. The van der Waals surface area contributed by atoms with Gasteiger partial charge in [-0.2, -0.15) is 0 Å². The van der Waals surface area contributed by atoms with Crippen LogP contribution in [0.5, 0.6) is 0 Å². The number of rotatable bonds is 2. The molecule has 104 valence electrons. The molecule has 5 heteroatoms. The van der Waals surface area contributed by atoms with Gasteiger partial charge in [-0.25, -0.2) is 0 Å². The summed E-state index contributed by atoms with van der Waals surface area (Å²) >= 11 is 0. The molecule has 1 amide bonds. The fourth-order valence-electron chi connectivity index (χ4n) is 2.53. The van der Waals surface area contributed by atoms with Gasteiger partial charge >= 0.3 is 5.97 Å². The monoisotopic (exact) mass is 265 g/mol. The number of ether oxygens (including phenoxy) is 1. The largest absolute Gasteiger partial charge is 0.469 e. The van der Waals surface area contributed by atoms with Crippen molar-refractivity contribution in [1.82, 2.24) is 4.90 Å². The van der Waals surface area contributed by atoms with Crippen molar-refractivity contribution >= 4 is 11.9 Å². The maximum Gasteiger partial charge on any atom is 0.310 e. The standard InChI is InChI=1S/C14H19NO4/c1-9-7-12(10(2)19-9)13(16)15-6-4-5-11(8-15)14(17)18-3/h7,11H,4-6,8H2,1-3H3. The van der Waals surface area contributed by atoms with Crippen molar-refractivity contribution in [3.05, 3.63) is 23.2 Å². The first-order valence-corrected chi connectivity index (χ1v) is 6.47. The lowest BCUT2D eigenvalue weighted by molar-refractivity contribution is -0.146. The third kappa shape index (κ3) is 2.80. The molecule has 1 fully saturated rings. The summed E-state index contributed by atoms with van der Waals surface area (Å²) in [4.78, 5) is 25.7. The number of esters is 1. The van der Waals surface area contributed by atoms with Gasteiger partial charge in [0.05, 0.1) is 18.6 Å². The number of carbonyl (C=O) groups excluding carboxylic acids is 2. The molecule has 1 aromatic rings. The number of nitrogens with zero attached hydrogens (tertiary/aromatic N) is 1. The molecular weight excluding hydrogens is 246 g/mol. The number of furan rings is 1. The second-order valence-corrected chi connectivity index (χ2v) is 4.94. The molecule has 1 aliphatic heterocycles. The Morgan fingerprint density at radius 1 is 1.42 bits per heavy atom. The third-order valence-corrected chi connectivity index (χ3v) is 3.51. The van der Waals surface area contributed by atoms with Crippen LogP contribution >= 0.6 is 0 Å². The van der Waals surface area contributed by atoms with Crippen molar-refractivity contribution in [3.63, 3.8) is 0 Å². The number of methoxy groups -OCH3 is 1. The van der Waals surface area contributed by atoms with Gasteiger partial charge in [-0.3, -0.25) is 9.59 Å². The summed E-state index contributed by atoms with van der Waals surface area (Å²) in [6.07, 6.45) is 1.60. The molecule has 0 aliphatic carbocycles. The van der Waals surface area contributed by atoms with Gasteiger partial charge in [0.1, 0.15) is 11.5 Å². The Labute approximate surface area is 112 Å². The minimum Gasteiger partial charge on any atom is -0.469 e. The first-order chi connectivity index (χ1) is 9.02. The third-order valence-electron chi connectivity index (χ3n) is 3.51. The summed E-state index contributed by atoms with van der Waals surface area (Å²) in [5, 5.41) is 0. The summed E-state index contributed by atoms with van der Waals surface area (Å²) in [5.41, 5.74) is 0.586. The molecular formula is C14H19NO4. The van der Waals surface area contributed by atoms with Crippen LogP contribution in [0.2, 0.25) is 0 Å². The van der Waals surface area contributed by atoms with Gasteiger partial charge in [0.15, 0.2) is 0 Å². The molecule has 0 bridgehead atoms. The Morgan fingerprint density at radius 3 is 2.74 bits per heavy atom. The highest BCUT2D eigenvalue weighted by atomic mass is 16.5. The molecule has 5 nitrogen and oxygen atoms in total. The topological polar surface area (TPSA) is 59.8 Å². The molecule has 1 atom stereocenters. The van der Waals surface area contributed by atoms with Crippen molar-refractivity contribution in [1.29, 1.82) is 0 Å². The summed E-state index contributed by atoms with van der Waals surface area (Å²) in [6, 6.07) is 1.75. The Morgan fingerprint density at radius 2 is 2.16 bits per heavy atom. The average Bonchev–Trinajstić information content (AvgIpc) is 2.76. The van der Waals surface area contributed by atoms with E-state index in [-0.39, 0.29) is 17.8 Å². The normalized spacial score (nSPS) is 19.3. The quantitative estimate of drug-likeness (QED) is 0.766. The second kappa shape index (κ2) is 5.47. The lowest BCUT2D eigenvalue weighted by Gasteiger charge is -2.31. The molecule has 1 aromatic heterocycles. The Hall–Kier alpha value is -1.78. The molecule has 1 aliphatic rings. The molecule has 1 unspecified atom stereocenters. The minimum atomic E-state index is -0.238. The lowest BCUT2D eigenvalue weighted by Crippen LogP contribution is -2.42. The van der Waals surface area contributed by atoms with Crippen LogP contribution in [-0.2, 0) is 9.53 Å². The van der Waals surface area contributed by atoms with E-state index in [0.717, 1.165) is 18.6 Å². The van der Waals surface area contributed by atoms with Crippen LogP contribution in [0.3, 0.4) is 0 Å². The number of aryl methyl sites for hydroxylation is 2. The first kappa shape index (κ1) is 13.6. The van der Waals surface area contributed by atoms with Crippen molar-refractivity contribution in [3.8, 4) is 0 Å². The maximum atomic E-state index is 12.4. The zero-order valence-electron chi connectivity index (χ0n) is 11.6. The smallest absolute Gasteiger partial charge is 0.310 e. The SMILES string of the molecule is COC(=O)C1CCCN(C(=O)c2cc(C)oc2C)C1. The van der Waals surface area contributed by atoms with Gasteiger partial charge in [0, 0.05) is 13.1 Å². The van der Waals surface area contributed by atoms with Gasteiger partial charge in [0.2, 0.25) is 0 Å². The van der Waals surface area contributed by atoms with Gasteiger partial charge in [-0.15, -0.1) is 0 Å². The predicted octanol–water partition coefficient (Wildman–Crippen LogP) is 1.92. The zero-order chi connectivity index (χ0) is 14.0. The summed E-state index contributed by atoms with van der Waals surface area (Å²) in [7, 11) is 1.38. The van der Waals surface area contributed by atoms with E-state index in [4.69, 9.17) is 9.15 Å². The molecule has 0 N–H and O–H groups in total. The van der Waals surface area contributed by atoms with Crippen LogP contribution in [0.1, 0.15) is 34.7 Å². The zero-order valence-corrected chi connectivity index (χ0v) is 11.6. The number of likely N-dealkylation sites (tertiary alicyclic amines) is 1. The number of hydrogen-bond donors (Lipinski definition) is 0. The van der Waals surface area contributed by atoms with E-state index in [1.807, 2.05) is 6.92 Å². The fraction of sp³-hybridized carbons (Fsp3) is 0.571. The molecule has 1 saturated heterocycles. The highest BCUT2D eigenvalue weighted by molar-refractivity contribution is 5.95. The molecule has 0 radical (unpaired) electrons. The number of carbonyl (C=O) groups is 2. The number of hydrogen-bond acceptors (Lipinski definition) is 4. The van der Waals surface area contributed by atoms with Crippen LogP contribution < -0.4 is 0 Å². The van der Waals surface area contributed by atoms with E-state index in [0.29, 0.717) is 24.4 Å². The molecule has 0 spiro atoms. The summed E-state index contributed by atoms with van der Waals surface area (Å²) < 4.78 is 10.1. The van der Waals surface area contributed by atoms with Crippen molar-refractivity contribution in [2.45, 2.75) is 26.7 Å². The Balaban J connectivity index is 2.11. The molecule has 0 aromatic carbocycles. The van der Waals surface area contributed by atoms with Crippen LogP contribution in [-0.4, -0.2) is 37.0 Å². The van der Waals surface area contributed by atoms with E-state index in [1.54, 1.807) is 17.9 Å². The highest BCUT2D eigenvalue weighted by Gasteiger charge is 2.30. The average molecular weight is 265 g/mol. The minimum absolute atomic E-state index is 0.0667. The first-order valence-electron chi connectivity index (χ1n) is 6.47. The summed E-state index contributed by atoms with van der Waals surface area (Å²) in [5.74, 6) is 0.835. The molecule has 2 heterocycles.